The van der Waals surface area contributed by atoms with Gasteiger partial charge in [-0.3, -0.25) is 0 Å². The third kappa shape index (κ3) is 11.9. The monoisotopic (exact) mass is 944 g/mol. The first-order chi connectivity index (χ1) is 31.4. The number of hydrogen-bond donors (Lipinski definition) is 0. The van der Waals surface area contributed by atoms with Crippen LogP contribution in [0.1, 0.15) is 122 Å². The molecule has 0 fully saturated rings. The Morgan fingerprint density at radius 3 is 1.24 bits per heavy atom. The molecular weight excluding hydrogens is 883 g/mol. The van der Waals surface area contributed by atoms with E-state index in [4.69, 9.17) is 14.3 Å². The Labute approximate surface area is 396 Å². The molecule has 13 heteroatoms. The fraction of sp³-hybridized carbons (Fsp3) is 0.400. The van der Waals surface area contributed by atoms with Gasteiger partial charge in [0.15, 0.2) is 0 Å². The van der Waals surface area contributed by atoms with Gasteiger partial charge in [0.1, 0.15) is 13.2 Å². The molecule has 68 heavy (non-hydrogen) atoms. The Hall–Kier alpha value is -5.27. The zero-order valence-electron chi connectivity index (χ0n) is 40.9. The van der Waals surface area contributed by atoms with Crippen molar-refractivity contribution < 1.29 is 44.4 Å². The maximum Gasteiger partial charge on any atom is 0.598 e. The predicted molar refractivity (Wildman–Crippen MR) is 260 cm³/mol. The smallest absolute Gasteiger partial charge is 0.385 e. The lowest BCUT2D eigenvalue weighted by Gasteiger charge is -2.25. The minimum atomic E-state index is -4.78. The Morgan fingerprint density at radius 1 is 0.515 bits per heavy atom. The molecule has 1 aliphatic rings. The Kier molecular flexibility index (Phi) is 14.8. The molecule has 2 heterocycles. The van der Waals surface area contributed by atoms with Crippen molar-refractivity contribution >= 4 is 24.6 Å². The summed E-state index contributed by atoms with van der Waals surface area (Å²) in [5.41, 5.74) is 8.07. The van der Waals surface area contributed by atoms with E-state index in [0.29, 0.717) is 33.7 Å². The number of nitrogens with zero attached hydrogens (tertiary/aromatic N) is 2. The Morgan fingerprint density at radius 2 is 0.868 bits per heavy atom. The maximum atomic E-state index is 14.8. The zero-order chi connectivity index (χ0) is 50.4. The number of halogens is 8. The van der Waals surface area contributed by atoms with Crippen LogP contribution in [0.3, 0.4) is 0 Å². The van der Waals surface area contributed by atoms with Crippen LogP contribution in [0.4, 0.5) is 35.1 Å². The molecule has 0 unspecified atom stereocenters. The SMILES string of the molecule is CC(C)(C)c1ccc(C2=CC(c3ccc(C(C)(C)C)cc3)=N/C2=C\c2c(-c3ccc(C(C)(C)C)cc3)cc(-c3ccc(C(C)(C)C)cc3)n2B(OCC(F)(F)C(F)F)OCC(F)(F)C(F)F)cc1. The summed E-state index contributed by atoms with van der Waals surface area (Å²) in [4.78, 5) is 5.15. The van der Waals surface area contributed by atoms with Crippen molar-refractivity contribution in [2.24, 2.45) is 4.99 Å². The van der Waals surface area contributed by atoms with E-state index in [9.17, 15) is 35.1 Å². The van der Waals surface area contributed by atoms with Gasteiger partial charge < -0.3 is 13.8 Å². The third-order valence-corrected chi connectivity index (χ3v) is 12.1. The molecule has 1 aliphatic heterocycles. The first-order valence-electron chi connectivity index (χ1n) is 22.6. The molecule has 0 saturated heterocycles. The van der Waals surface area contributed by atoms with Crippen LogP contribution in [0.25, 0.3) is 34.0 Å². The molecule has 0 bridgehead atoms. The number of benzene rings is 4. The molecule has 4 aromatic carbocycles. The average Bonchev–Trinajstić information content (AvgIpc) is 3.84. The summed E-state index contributed by atoms with van der Waals surface area (Å²) in [6, 6.07) is 32.3. The van der Waals surface area contributed by atoms with Crippen molar-refractivity contribution in [3.8, 4) is 22.4 Å². The van der Waals surface area contributed by atoms with Crippen molar-refractivity contribution in [2.45, 2.75) is 129 Å². The van der Waals surface area contributed by atoms with Crippen LogP contribution in [0.15, 0.2) is 120 Å². The standard InChI is InChI=1S/C55H61BF8N2O2/c1-50(2,3)38-21-13-34(14-22-38)42-29-44(36-17-25-40(26-18-36)52(7,8)9)65-45(42)31-47-43(35-15-23-39(24-16-35)51(4,5)6)30-46(37-19-27-41(28-20-37)53(10,11)12)66(47)56(67-32-54(61,62)48(57)58)68-33-55(63,64)49(59)60/h13-31,48-49H,32-33H2,1-12H3/b45-31-. The van der Waals surface area contributed by atoms with Gasteiger partial charge in [0, 0.05) is 28.1 Å². The summed E-state index contributed by atoms with van der Waals surface area (Å²) >= 11 is 0. The highest BCUT2D eigenvalue weighted by molar-refractivity contribution is 6.44. The molecule has 0 aliphatic carbocycles. The van der Waals surface area contributed by atoms with Gasteiger partial charge in [-0.2, -0.15) is 17.6 Å². The summed E-state index contributed by atoms with van der Waals surface area (Å²) in [6.07, 6.45) is -4.87. The number of hydrogen-bond acceptors (Lipinski definition) is 3. The summed E-state index contributed by atoms with van der Waals surface area (Å²) in [6.45, 7) is 20.8. The van der Waals surface area contributed by atoms with Gasteiger partial charge >= 0.3 is 31.9 Å². The lowest BCUT2D eigenvalue weighted by molar-refractivity contribution is -0.162. The third-order valence-electron chi connectivity index (χ3n) is 12.1. The van der Waals surface area contributed by atoms with Gasteiger partial charge in [-0.25, -0.2) is 22.6 Å². The highest BCUT2D eigenvalue weighted by Gasteiger charge is 2.47. The molecule has 5 aromatic rings. The van der Waals surface area contributed by atoms with E-state index < -0.39 is 45.2 Å². The van der Waals surface area contributed by atoms with Gasteiger partial charge in [0.05, 0.1) is 11.4 Å². The van der Waals surface area contributed by atoms with E-state index in [2.05, 4.69) is 41.5 Å². The van der Waals surface area contributed by atoms with Crippen LogP contribution >= 0.6 is 0 Å². The first kappa shape index (κ1) is 52.1. The van der Waals surface area contributed by atoms with E-state index in [1.807, 2.05) is 133 Å². The van der Waals surface area contributed by atoms with Crippen LogP contribution in [0.5, 0.6) is 0 Å². The largest absolute Gasteiger partial charge is 0.598 e. The first-order valence-corrected chi connectivity index (χ1v) is 22.6. The fourth-order valence-corrected chi connectivity index (χ4v) is 7.69. The van der Waals surface area contributed by atoms with Crippen LogP contribution in [0, 0.1) is 0 Å². The fourth-order valence-electron chi connectivity index (χ4n) is 7.69. The Bertz CT molecular complexity index is 2610. The molecule has 1 aromatic heterocycles. The number of rotatable bonds is 14. The second kappa shape index (κ2) is 19.3. The topological polar surface area (TPSA) is 35.8 Å². The normalized spacial score (nSPS) is 14.9. The van der Waals surface area contributed by atoms with Crippen molar-refractivity contribution in [3.63, 3.8) is 0 Å². The van der Waals surface area contributed by atoms with E-state index in [1.165, 1.54) is 4.48 Å². The zero-order valence-corrected chi connectivity index (χ0v) is 40.9. The van der Waals surface area contributed by atoms with Crippen molar-refractivity contribution in [2.75, 3.05) is 13.2 Å². The molecule has 0 spiro atoms. The minimum absolute atomic E-state index is 0.120. The lowest BCUT2D eigenvalue weighted by atomic mass is 9.85. The van der Waals surface area contributed by atoms with Crippen molar-refractivity contribution in [1.29, 1.82) is 0 Å². The van der Waals surface area contributed by atoms with Crippen LogP contribution in [0.2, 0.25) is 0 Å². The van der Waals surface area contributed by atoms with E-state index >= 15 is 0 Å². The molecule has 0 saturated carbocycles. The lowest BCUT2D eigenvalue weighted by Crippen LogP contribution is -2.44. The highest BCUT2D eigenvalue weighted by atomic mass is 19.3. The van der Waals surface area contributed by atoms with E-state index in [1.54, 1.807) is 24.3 Å². The van der Waals surface area contributed by atoms with Gasteiger partial charge in [0.25, 0.3) is 0 Å². The molecule has 0 radical (unpaired) electrons. The summed E-state index contributed by atoms with van der Waals surface area (Å²) in [7, 11) is -2.37. The molecule has 0 amide bonds. The van der Waals surface area contributed by atoms with Gasteiger partial charge in [0.2, 0.25) is 0 Å². The highest BCUT2D eigenvalue weighted by Crippen LogP contribution is 2.41. The van der Waals surface area contributed by atoms with Gasteiger partial charge in [-0.05, 0) is 78.8 Å². The summed E-state index contributed by atoms with van der Waals surface area (Å²) < 4.78 is 126. The van der Waals surface area contributed by atoms with E-state index in [0.717, 1.165) is 33.4 Å². The molecule has 0 atom stereocenters. The molecule has 362 valence electrons. The van der Waals surface area contributed by atoms with Crippen molar-refractivity contribution in [3.05, 3.63) is 154 Å². The number of alkyl halides is 8. The number of aliphatic imine (C=N–C) groups is 1. The summed E-state index contributed by atoms with van der Waals surface area (Å²) in [5.74, 6) is -9.55. The molecule has 4 nitrogen and oxygen atoms in total. The number of aromatic nitrogens is 1. The van der Waals surface area contributed by atoms with Crippen LogP contribution in [-0.4, -0.2) is 55.4 Å². The van der Waals surface area contributed by atoms with Gasteiger partial charge in [-0.1, -0.05) is 180 Å². The van der Waals surface area contributed by atoms with Crippen LogP contribution in [-0.2, 0) is 31.0 Å². The number of allylic oxidation sites excluding steroid dienone is 2. The summed E-state index contributed by atoms with van der Waals surface area (Å²) in [5, 5.41) is 0. The van der Waals surface area contributed by atoms with E-state index in [-0.39, 0.29) is 33.0 Å². The Balaban J connectivity index is 1.71. The minimum Gasteiger partial charge on any atom is -0.385 e. The molecular formula is C55H61BF8N2O2. The van der Waals surface area contributed by atoms with Crippen molar-refractivity contribution in [1.82, 2.24) is 4.48 Å². The maximum absolute atomic E-state index is 14.8. The second-order valence-electron chi connectivity index (χ2n) is 21.6. The quantitative estimate of drug-likeness (QED) is 0.0821. The van der Waals surface area contributed by atoms with Crippen LogP contribution < -0.4 is 0 Å². The second-order valence-corrected chi connectivity index (χ2v) is 21.6. The van der Waals surface area contributed by atoms with Gasteiger partial charge in [-0.15, -0.1) is 0 Å². The molecule has 0 N–H and O–H groups in total. The average molecular weight is 945 g/mol. The molecule has 6 rings (SSSR count). The predicted octanol–water partition coefficient (Wildman–Crippen LogP) is 15.6.